The molecule has 0 heterocycles. The highest BCUT2D eigenvalue weighted by Gasteiger charge is 2.09. The highest BCUT2D eigenvalue weighted by atomic mass is 16.5. The van der Waals surface area contributed by atoms with Gasteiger partial charge in [-0.3, -0.25) is 4.79 Å². The van der Waals surface area contributed by atoms with Crippen LogP contribution < -0.4 is 15.4 Å². The van der Waals surface area contributed by atoms with E-state index in [0.29, 0.717) is 31.0 Å². The third-order valence-electron chi connectivity index (χ3n) is 2.90. The number of para-hydroxylation sites is 2. The number of anilines is 1. The molecular weight excluding hydrogens is 272 g/mol. The molecule has 1 aromatic rings. The number of hydrogen-bond donors (Lipinski definition) is 3. The van der Waals surface area contributed by atoms with Gasteiger partial charge in [-0.2, -0.15) is 0 Å². The SMILES string of the molecule is CCOc1ccccc1NC(=O)NCC(C)CCC(=O)O. The van der Waals surface area contributed by atoms with E-state index in [-0.39, 0.29) is 18.4 Å². The lowest BCUT2D eigenvalue weighted by atomic mass is 10.1. The summed E-state index contributed by atoms with van der Waals surface area (Å²) in [5, 5.41) is 14.1. The Bertz CT molecular complexity index is 476. The van der Waals surface area contributed by atoms with Crippen LogP contribution in [0.15, 0.2) is 24.3 Å². The summed E-state index contributed by atoms with van der Waals surface area (Å²) in [6.07, 6.45) is 0.642. The first-order valence-electron chi connectivity index (χ1n) is 7.01. The normalized spacial score (nSPS) is 11.5. The highest BCUT2D eigenvalue weighted by Crippen LogP contribution is 2.23. The van der Waals surface area contributed by atoms with Crippen LogP contribution in [0, 0.1) is 5.92 Å². The molecule has 0 aromatic heterocycles. The van der Waals surface area contributed by atoms with Gasteiger partial charge in [0.2, 0.25) is 0 Å². The number of carboxylic acids is 1. The monoisotopic (exact) mass is 294 g/mol. The molecule has 1 atom stereocenters. The van der Waals surface area contributed by atoms with Gasteiger partial charge in [0.1, 0.15) is 5.75 Å². The first-order valence-corrected chi connectivity index (χ1v) is 7.01. The predicted molar refractivity (Wildman–Crippen MR) is 80.7 cm³/mol. The van der Waals surface area contributed by atoms with Gasteiger partial charge in [0.05, 0.1) is 12.3 Å². The molecule has 116 valence electrons. The number of ether oxygens (including phenoxy) is 1. The van der Waals surface area contributed by atoms with Gasteiger partial charge in [-0.1, -0.05) is 19.1 Å². The van der Waals surface area contributed by atoms with Crippen LogP contribution in [-0.4, -0.2) is 30.3 Å². The zero-order chi connectivity index (χ0) is 15.7. The van der Waals surface area contributed by atoms with Crippen molar-refractivity contribution in [3.63, 3.8) is 0 Å². The van der Waals surface area contributed by atoms with Crippen molar-refractivity contribution in [2.75, 3.05) is 18.5 Å². The lowest BCUT2D eigenvalue weighted by molar-refractivity contribution is -0.137. The summed E-state index contributed by atoms with van der Waals surface area (Å²) in [5.74, 6) is -0.0972. The maximum Gasteiger partial charge on any atom is 0.319 e. The van der Waals surface area contributed by atoms with Gasteiger partial charge in [-0.05, 0) is 31.4 Å². The molecule has 0 aliphatic carbocycles. The largest absolute Gasteiger partial charge is 0.492 e. The number of rotatable bonds is 8. The van der Waals surface area contributed by atoms with Crippen LogP contribution >= 0.6 is 0 Å². The molecule has 21 heavy (non-hydrogen) atoms. The molecule has 6 nitrogen and oxygen atoms in total. The second-order valence-corrected chi connectivity index (χ2v) is 4.80. The Morgan fingerprint density at radius 1 is 1.33 bits per heavy atom. The zero-order valence-corrected chi connectivity index (χ0v) is 12.4. The van der Waals surface area contributed by atoms with E-state index in [1.54, 1.807) is 12.1 Å². The van der Waals surface area contributed by atoms with E-state index in [1.807, 2.05) is 26.0 Å². The fourth-order valence-electron chi connectivity index (χ4n) is 1.76. The van der Waals surface area contributed by atoms with Crippen LogP contribution in [0.5, 0.6) is 5.75 Å². The van der Waals surface area contributed by atoms with Crippen molar-refractivity contribution >= 4 is 17.7 Å². The summed E-state index contributed by atoms with van der Waals surface area (Å²) in [6.45, 7) is 4.72. The Balaban J connectivity index is 2.41. The maximum absolute atomic E-state index is 11.8. The molecule has 0 radical (unpaired) electrons. The molecule has 1 aromatic carbocycles. The van der Waals surface area contributed by atoms with Gasteiger partial charge in [-0.15, -0.1) is 0 Å². The van der Waals surface area contributed by atoms with Crippen molar-refractivity contribution in [1.82, 2.24) is 5.32 Å². The van der Waals surface area contributed by atoms with Crippen LogP contribution in [0.4, 0.5) is 10.5 Å². The molecule has 1 rings (SSSR count). The maximum atomic E-state index is 11.8. The van der Waals surface area contributed by atoms with Gasteiger partial charge in [0.15, 0.2) is 0 Å². The molecule has 0 aliphatic heterocycles. The Hall–Kier alpha value is -2.24. The molecule has 0 fully saturated rings. The summed E-state index contributed by atoms with van der Waals surface area (Å²) < 4.78 is 5.42. The molecule has 0 spiro atoms. The minimum absolute atomic E-state index is 0.106. The fraction of sp³-hybridized carbons (Fsp3) is 0.467. The number of hydrogen-bond acceptors (Lipinski definition) is 3. The van der Waals surface area contributed by atoms with Gasteiger partial charge in [0, 0.05) is 13.0 Å². The van der Waals surface area contributed by atoms with Gasteiger partial charge in [0.25, 0.3) is 0 Å². The first-order chi connectivity index (χ1) is 10.0. The molecule has 6 heteroatoms. The predicted octanol–water partition coefficient (Wildman–Crippen LogP) is 2.71. The fourth-order valence-corrected chi connectivity index (χ4v) is 1.76. The van der Waals surface area contributed by atoms with Gasteiger partial charge < -0.3 is 20.5 Å². The number of carbonyl (C=O) groups excluding carboxylic acids is 1. The Kier molecular flexibility index (Phi) is 7.08. The minimum Gasteiger partial charge on any atom is -0.492 e. The number of urea groups is 1. The van der Waals surface area contributed by atoms with Crippen LogP contribution in [0.1, 0.15) is 26.7 Å². The number of amides is 2. The van der Waals surface area contributed by atoms with Crippen LogP contribution in [0.2, 0.25) is 0 Å². The highest BCUT2D eigenvalue weighted by molar-refractivity contribution is 5.90. The van der Waals surface area contributed by atoms with Crippen molar-refractivity contribution in [3.8, 4) is 5.75 Å². The second kappa shape index (κ2) is 8.84. The number of aliphatic carboxylic acids is 1. The molecule has 0 saturated heterocycles. The van der Waals surface area contributed by atoms with Crippen molar-refractivity contribution < 1.29 is 19.4 Å². The summed E-state index contributed by atoms with van der Waals surface area (Å²) in [5.41, 5.74) is 0.607. The lowest BCUT2D eigenvalue weighted by Crippen LogP contribution is -2.32. The molecule has 0 bridgehead atoms. The van der Waals surface area contributed by atoms with E-state index in [4.69, 9.17) is 9.84 Å². The van der Waals surface area contributed by atoms with E-state index >= 15 is 0 Å². The van der Waals surface area contributed by atoms with E-state index in [1.165, 1.54) is 0 Å². The summed E-state index contributed by atoms with van der Waals surface area (Å²) in [4.78, 5) is 22.3. The summed E-state index contributed by atoms with van der Waals surface area (Å²) >= 11 is 0. The van der Waals surface area contributed by atoms with Gasteiger partial charge in [-0.25, -0.2) is 4.79 Å². The van der Waals surface area contributed by atoms with Crippen molar-refractivity contribution in [3.05, 3.63) is 24.3 Å². The quantitative estimate of drug-likeness (QED) is 0.688. The number of benzene rings is 1. The summed E-state index contributed by atoms with van der Waals surface area (Å²) in [6, 6.07) is 6.87. The molecule has 1 unspecified atom stereocenters. The number of carboxylic acid groups (broad SMARTS) is 1. The van der Waals surface area contributed by atoms with E-state index < -0.39 is 5.97 Å². The van der Waals surface area contributed by atoms with Crippen molar-refractivity contribution in [2.45, 2.75) is 26.7 Å². The molecular formula is C15H22N2O4. The molecule has 0 saturated carbocycles. The number of carbonyl (C=O) groups is 2. The average Bonchev–Trinajstić information content (AvgIpc) is 2.45. The smallest absolute Gasteiger partial charge is 0.319 e. The topological polar surface area (TPSA) is 87.7 Å². The summed E-state index contributed by atoms with van der Waals surface area (Å²) in [7, 11) is 0. The van der Waals surface area contributed by atoms with Crippen molar-refractivity contribution in [1.29, 1.82) is 0 Å². The molecule has 3 N–H and O–H groups in total. The Morgan fingerprint density at radius 3 is 2.71 bits per heavy atom. The standard InChI is InChI=1S/C15H22N2O4/c1-3-21-13-7-5-4-6-12(13)17-15(20)16-10-11(2)8-9-14(18)19/h4-7,11H,3,8-10H2,1-2H3,(H,18,19)(H2,16,17,20). The third kappa shape index (κ3) is 6.65. The third-order valence-corrected chi connectivity index (χ3v) is 2.90. The Morgan fingerprint density at radius 2 is 2.05 bits per heavy atom. The average molecular weight is 294 g/mol. The molecule has 2 amide bonds. The van der Waals surface area contributed by atoms with Gasteiger partial charge >= 0.3 is 12.0 Å². The van der Waals surface area contributed by atoms with Crippen molar-refractivity contribution in [2.24, 2.45) is 5.92 Å². The van der Waals surface area contributed by atoms with E-state index in [2.05, 4.69) is 10.6 Å². The van der Waals surface area contributed by atoms with Crippen LogP contribution in [0.25, 0.3) is 0 Å². The van der Waals surface area contributed by atoms with Crippen LogP contribution in [-0.2, 0) is 4.79 Å². The zero-order valence-electron chi connectivity index (χ0n) is 12.4. The minimum atomic E-state index is -0.822. The van der Waals surface area contributed by atoms with Crippen LogP contribution in [0.3, 0.4) is 0 Å². The Labute approximate surface area is 124 Å². The lowest BCUT2D eigenvalue weighted by Gasteiger charge is -2.14. The first kappa shape index (κ1) is 16.8. The van der Waals surface area contributed by atoms with E-state index in [9.17, 15) is 9.59 Å². The molecule has 0 aliphatic rings. The second-order valence-electron chi connectivity index (χ2n) is 4.80. The number of nitrogens with one attached hydrogen (secondary N) is 2. The van der Waals surface area contributed by atoms with E-state index in [0.717, 1.165) is 0 Å².